The van der Waals surface area contributed by atoms with Crippen molar-refractivity contribution in [3.05, 3.63) is 65.1 Å². The fourth-order valence-corrected chi connectivity index (χ4v) is 2.92. The molecule has 23 heavy (non-hydrogen) atoms. The van der Waals surface area contributed by atoms with E-state index >= 15 is 0 Å². The van der Waals surface area contributed by atoms with Gasteiger partial charge in [0.15, 0.2) is 0 Å². The first-order chi connectivity index (χ1) is 10.7. The predicted octanol–water partition coefficient (Wildman–Crippen LogP) is 4.69. The lowest BCUT2D eigenvalue weighted by atomic mass is 10.1. The van der Waals surface area contributed by atoms with Crippen molar-refractivity contribution in [1.29, 1.82) is 0 Å². The van der Waals surface area contributed by atoms with Crippen LogP contribution in [0.15, 0.2) is 42.6 Å². The molecule has 3 aromatic rings. The van der Waals surface area contributed by atoms with E-state index in [0.29, 0.717) is 0 Å². The van der Waals surface area contributed by atoms with Crippen molar-refractivity contribution in [2.24, 2.45) is 0 Å². The molecule has 0 saturated heterocycles. The van der Waals surface area contributed by atoms with Crippen LogP contribution in [0.2, 0.25) is 0 Å². The van der Waals surface area contributed by atoms with Gasteiger partial charge in [-0.25, -0.2) is 0 Å². The van der Waals surface area contributed by atoms with Gasteiger partial charge in [0.1, 0.15) is 0 Å². The smallest absolute Gasteiger partial charge is 0.0832 e. The van der Waals surface area contributed by atoms with E-state index in [4.69, 9.17) is 0 Å². The monoisotopic (exact) mass is 324 g/mol. The third-order valence-electron chi connectivity index (χ3n) is 4.22. The SMILES string of the molecule is CC#Cn1c(C)c(C)c2ccnc(CCc3ccccc3)c21.Cl. The Bertz CT molecular complexity index is 867. The van der Waals surface area contributed by atoms with Crippen LogP contribution in [-0.4, -0.2) is 9.55 Å². The average molecular weight is 325 g/mol. The molecule has 3 heteroatoms. The zero-order chi connectivity index (χ0) is 15.5. The second-order valence-corrected chi connectivity index (χ2v) is 5.55. The maximum absolute atomic E-state index is 4.63. The highest BCUT2D eigenvalue weighted by Gasteiger charge is 2.14. The van der Waals surface area contributed by atoms with Crippen molar-refractivity contribution < 1.29 is 0 Å². The Morgan fingerprint density at radius 3 is 2.48 bits per heavy atom. The first-order valence-corrected chi connectivity index (χ1v) is 7.64. The van der Waals surface area contributed by atoms with Crippen LogP contribution in [0.3, 0.4) is 0 Å². The molecule has 2 heterocycles. The normalized spacial score (nSPS) is 10.0. The van der Waals surface area contributed by atoms with Crippen LogP contribution >= 0.6 is 12.4 Å². The van der Waals surface area contributed by atoms with Gasteiger partial charge in [-0.2, -0.15) is 0 Å². The van der Waals surface area contributed by atoms with E-state index in [9.17, 15) is 0 Å². The number of aryl methyl sites for hydroxylation is 3. The van der Waals surface area contributed by atoms with Gasteiger partial charge in [0.2, 0.25) is 0 Å². The van der Waals surface area contributed by atoms with Gasteiger partial charge in [-0.1, -0.05) is 36.3 Å². The first kappa shape index (κ1) is 17.1. The molecule has 0 radical (unpaired) electrons. The van der Waals surface area contributed by atoms with E-state index in [1.165, 1.54) is 27.7 Å². The second kappa shape index (κ2) is 7.35. The summed E-state index contributed by atoms with van der Waals surface area (Å²) in [6, 6.07) is 15.9. The number of halogens is 1. The topological polar surface area (TPSA) is 17.8 Å². The van der Waals surface area contributed by atoms with Gasteiger partial charge in [-0.15, -0.1) is 12.4 Å². The van der Waals surface area contributed by atoms with E-state index in [1.807, 2.05) is 13.1 Å². The lowest BCUT2D eigenvalue weighted by molar-refractivity contribution is 0.914. The number of hydrogen-bond acceptors (Lipinski definition) is 1. The van der Waals surface area contributed by atoms with E-state index in [2.05, 4.69) is 71.8 Å². The Morgan fingerprint density at radius 1 is 1.04 bits per heavy atom. The molecular weight excluding hydrogens is 304 g/mol. The molecule has 1 aromatic carbocycles. The Hall–Kier alpha value is -2.24. The maximum Gasteiger partial charge on any atom is 0.0832 e. The Morgan fingerprint density at radius 2 is 1.78 bits per heavy atom. The standard InChI is InChI=1S/C20H20N2.ClH/c1-4-14-22-16(3)15(2)18-12-13-21-19(20(18)22)11-10-17-8-6-5-7-9-17;/h5-9,12-13H,10-11H2,1-3H3;1H. The maximum atomic E-state index is 4.63. The van der Waals surface area contributed by atoms with Gasteiger partial charge < -0.3 is 0 Å². The second-order valence-electron chi connectivity index (χ2n) is 5.55. The third-order valence-corrected chi connectivity index (χ3v) is 4.22. The highest BCUT2D eigenvalue weighted by molar-refractivity contribution is 5.87. The number of pyridine rings is 1. The van der Waals surface area contributed by atoms with Crippen molar-refractivity contribution in [2.45, 2.75) is 33.6 Å². The Balaban J connectivity index is 0.00000192. The minimum absolute atomic E-state index is 0. The molecule has 0 aliphatic heterocycles. The average Bonchev–Trinajstić information content (AvgIpc) is 2.80. The van der Waals surface area contributed by atoms with E-state index in [1.54, 1.807) is 0 Å². The van der Waals surface area contributed by atoms with Gasteiger partial charge in [-0.3, -0.25) is 9.55 Å². The van der Waals surface area contributed by atoms with E-state index < -0.39 is 0 Å². The number of rotatable bonds is 3. The summed E-state index contributed by atoms with van der Waals surface area (Å²) in [5, 5.41) is 1.26. The van der Waals surface area contributed by atoms with Gasteiger partial charge in [0.25, 0.3) is 0 Å². The summed E-state index contributed by atoms with van der Waals surface area (Å²) in [5.41, 5.74) is 6.14. The molecule has 0 amide bonds. The molecule has 0 bridgehead atoms. The fraction of sp³-hybridized carbons (Fsp3) is 0.250. The summed E-state index contributed by atoms with van der Waals surface area (Å²) in [4.78, 5) is 4.63. The summed E-state index contributed by atoms with van der Waals surface area (Å²) in [5.74, 6) is 3.02. The molecule has 118 valence electrons. The molecular formula is C20H21ClN2. The molecule has 0 atom stereocenters. The van der Waals surface area contributed by atoms with Crippen molar-refractivity contribution in [3.8, 4) is 12.0 Å². The minimum Gasteiger partial charge on any atom is -0.271 e. The van der Waals surface area contributed by atoms with Crippen molar-refractivity contribution >= 4 is 23.3 Å². The lowest BCUT2D eigenvalue weighted by Crippen LogP contribution is -2.00. The molecule has 2 aromatic heterocycles. The number of fused-ring (bicyclic) bond motifs is 1. The largest absolute Gasteiger partial charge is 0.271 e. The number of hydrogen-bond donors (Lipinski definition) is 0. The van der Waals surface area contributed by atoms with Gasteiger partial charge in [-0.05, 0) is 50.8 Å². The summed E-state index contributed by atoms with van der Waals surface area (Å²) in [7, 11) is 0. The van der Waals surface area contributed by atoms with Crippen LogP contribution in [0.4, 0.5) is 0 Å². The zero-order valence-corrected chi connectivity index (χ0v) is 14.6. The van der Waals surface area contributed by atoms with Gasteiger partial charge >= 0.3 is 0 Å². The zero-order valence-electron chi connectivity index (χ0n) is 13.8. The fourth-order valence-electron chi connectivity index (χ4n) is 2.92. The van der Waals surface area contributed by atoms with Gasteiger partial charge in [0, 0.05) is 23.3 Å². The summed E-state index contributed by atoms with van der Waals surface area (Å²) in [6.07, 6.45) is 3.84. The molecule has 0 spiro atoms. The van der Waals surface area contributed by atoms with Gasteiger partial charge in [0.05, 0.1) is 11.2 Å². The van der Waals surface area contributed by atoms with Crippen LogP contribution in [0, 0.1) is 25.8 Å². The molecule has 0 aliphatic carbocycles. The third kappa shape index (κ3) is 3.25. The van der Waals surface area contributed by atoms with Crippen LogP contribution < -0.4 is 0 Å². The molecule has 0 fully saturated rings. The summed E-state index contributed by atoms with van der Waals surface area (Å²) < 4.78 is 2.10. The molecule has 0 saturated carbocycles. The Labute approximate surface area is 144 Å². The molecule has 3 rings (SSSR count). The quantitative estimate of drug-likeness (QED) is 0.639. The molecule has 0 N–H and O–H groups in total. The first-order valence-electron chi connectivity index (χ1n) is 7.64. The highest BCUT2D eigenvalue weighted by Crippen LogP contribution is 2.26. The molecule has 0 aliphatic rings. The van der Waals surface area contributed by atoms with E-state index in [-0.39, 0.29) is 12.4 Å². The minimum atomic E-state index is 0. The van der Waals surface area contributed by atoms with Crippen LogP contribution in [0.25, 0.3) is 10.9 Å². The van der Waals surface area contributed by atoms with E-state index in [0.717, 1.165) is 18.5 Å². The lowest BCUT2D eigenvalue weighted by Gasteiger charge is -2.06. The highest BCUT2D eigenvalue weighted by atomic mass is 35.5. The number of benzene rings is 1. The van der Waals surface area contributed by atoms with Crippen LogP contribution in [0.1, 0.15) is 29.4 Å². The predicted molar refractivity (Wildman–Crippen MR) is 99.2 cm³/mol. The molecule has 2 nitrogen and oxygen atoms in total. The Kier molecular flexibility index (Phi) is 5.47. The van der Waals surface area contributed by atoms with Crippen molar-refractivity contribution in [3.63, 3.8) is 0 Å². The summed E-state index contributed by atoms with van der Waals surface area (Å²) in [6.45, 7) is 6.16. The number of nitrogens with zero attached hydrogens (tertiary/aromatic N) is 2. The van der Waals surface area contributed by atoms with Crippen molar-refractivity contribution in [1.82, 2.24) is 9.55 Å². The van der Waals surface area contributed by atoms with Crippen LogP contribution in [0.5, 0.6) is 0 Å². The molecule has 0 unspecified atom stereocenters. The summed E-state index contributed by atoms with van der Waals surface area (Å²) >= 11 is 0. The van der Waals surface area contributed by atoms with Crippen LogP contribution in [-0.2, 0) is 12.8 Å². The number of aromatic nitrogens is 2. The van der Waals surface area contributed by atoms with Crippen molar-refractivity contribution in [2.75, 3.05) is 0 Å².